The number of anilines is 1. The highest BCUT2D eigenvalue weighted by atomic mass is 32.2. The minimum Gasteiger partial charge on any atom is -0.355 e. The molecule has 2 N–H and O–H groups in total. The van der Waals surface area contributed by atoms with E-state index in [4.69, 9.17) is 0 Å². The van der Waals surface area contributed by atoms with Crippen LogP contribution in [-0.4, -0.2) is 34.7 Å². The maximum Gasteiger partial charge on any atom is 0.251 e. The predicted molar refractivity (Wildman–Crippen MR) is 105 cm³/mol. The SMILES string of the molecule is CNC(=O)c1cccc(NC(=O)Cn2c(CSC)nc3ccccc32)c1. The van der Waals surface area contributed by atoms with Gasteiger partial charge in [-0.05, 0) is 36.6 Å². The van der Waals surface area contributed by atoms with Crippen molar-refractivity contribution in [3.8, 4) is 0 Å². The van der Waals surface area contributed by atoms with Crippen LogP contribution in [-0.2, 0) is 17.1 Å². The van der Waals surface area contributed by atoms with E-state index >= 15 is 0 Å². The number of nitrogens with one attached hydrogen (secondary N) is 2. The molecule has 0 aliphatic rings. The van der Waals surface area contributed by atoms with Crippen molar-refractivity contribution in [2.24, 2.45) is 0 Å². The predicted octanol–water partition coefficient (Wildman–Crippen LogP) is 2.90. The van der Waals surface area contributed by atoms with Crippen LogP contribution in [0.2, 0.25) is 0 Å². The molecule has 1 aromatic heterocycles. The number of nitrogens with zero attached hydrogens (tertiary/aromatic N) is 2. The second-order valence-corrected chi connectivity index (χ2v) is 6.61. The zero-order valence-electron chi connectivity index (χ0n) is 14.7. The Morgan fingerprint density at radius 2 is 1.96 bits per heavy atom. The van der Waals surface area contributed by atoms with Gasteiger partial charge in [0, 0.05) is 18.3 Å². The molecule has 7 heteroatoms. The fourth-order valence-corrected chi connectivity index (χ4v) is 3.25. The summed E-state index contributed by atoms with van der Waals surface area (Å²) in [6.07, 6.45) is 2.01. The second-order valence-electron chi connectivity index (χ2n) is 5.74. The maximum absolute atomic E-state index is 12.6. The first-order chi connectivity index (χ1) is 12.6. The molecule has 2 amide bonds. The topological polar surface area (TPSA) is 76.0 Å². The molecule has 0 saturated heterocycles. The summed E-state index contributed by atoms with van der Waals surface area (Å²) in [5, 5.41) is 5.43. The number of hydrogen-bond acceptors (Lipinski definition) is 4. The fourth-order valence-electron chi connectivity index (χ4n) is 2.77. The summed E-state index contributed by atoms with van der Waals surface area (Å²) in [4.78, 5) is 28.9. The monoisotopic (exact) mass is 368 g/mol. The minimum absolute atomic E-state index is 0.162. The Kier molecular flexibility index (Phi) is 5.58. The third-order valence-corrected chi connectivity index (χ3v) is 4.49. The molecule has 134 valence electrons. The number of para-hydroxylation sites is 2. The maximum atomic E-state index is 12.6. The standard InChI is InChI=1S/C19H20N4O2S/c1-20-19(25)13-6-5-7-14(10-13)21-18(24)11-23-16-9-4-3-8-15(16)22-17(23)12-26-2/h3-10H,11-12H2,1-2H3,(H,20,25)(H,21,24). The number of benzene rings is 2. The van der Waals surface area contributed by atoms with Crippen LogP contribution in [0.4, 0.5) is 5.69 Å². The lowest BCUT2D eigenvalue weighted by atomic mass is 10.2. The third kappa shape index (κ3) is 3.88. The molecular formula is C19H20N4O2S. The number of carbonyl (C=O) groups excluding carboxylic acids is 2. The molecule has 0 aliphatic carbocycles. The van der Waals surface area contributed by atoms with Crippen LogP contribution >= 0.6 is 11.8 Å². The fraction of sp³-hybridized carbons (Fsp3) is 0.211. The van der Waals surface area contributed by atoms with E-state index in [0.717, 1.165) is 22.6 Å². The van der Waals surface area contributed by atoms with Gasteiger partial charge in [0.05, 0.1) is 16.8 Å². The van der Waals surface area contributed by atoms with Gasteiger partial charge in [0.25, 0.3) is 5.91 Å². The highest BCUT2D eigenvalue weighted by molar-refractivity contribution is 7.97. The van der Waals surface area contributed by atoms with Gasteiger partial charge in [-0.3, -0.25) is 9.59 Å². The number of fused-ring (bicyclic) bond motifs is 1. The molecule has 3 aromatic rings. The molecule has 0 unspecified atom stereocenters. The van der Waals surface area contributed by atoms with Crippen LogP contribution in [0.1, 0.15) is 16.2 Å². The van der Waals surface area contributed by atoms with Gasteiger partial charge in [-0.25, -0.2) is 4.98 Å². The van der Waals surface area contributed by atoms with Gasteiger partial charge in [0.2, 0.25) is 5.91 Å². The molecule has 26 heavy (non-hydrogen) atoms. The zero-order chi connectivity index (χ0) is 18.5. The van der Waals surface area contributed by atoms with Crippen molar-refractivity contribution in [3.63, 3.8) is 0 Å². The summed E-state index contributed by atoms with van der Waals surface area (Å²) < 4.78 is 1.93. The van der Waals surface area contributed by atoms with Gasteiger partial charge in [-0.15, -0.1) is 0 Å². The summed E-state index contributed by atoms with van der Waals surface area (Å²) in [5.74, 6) is 1.25. The van der Waals surface area contributed by atoms with Crippen molar-refractivity contribution < 1.29 is 9.59 Å². The summed E-state index contributed by atoms with van der Waals surface area (Å²) in [6, 6.07) is 14.7. The highest BCUT2D eigenvalue weighted by Crippen LogP contribution is 2.19. The number of carbonyl (C=O) groups is 2. The number of amides is 2. The smallest absolute Gasteiger partial charge is 0.251 e. The van der Waals surface area contributed by atoms with E-state index in [9.17, 15) is 9.59 Å². The zero-order valence-corrected chi connectivity index (χ0v) is 15.5. The van der Waals surface area contributed by atoms with Crippen LogP contribution in [0.15, 0.2) is 48.5 Å². The molecule has 3 rings (SSSR count). The summed E-state index contributed by atoms with van der Waals surface area (Å²) in [7, 11) is 1.57. The van der Waals surface area contributed by atoms with E-state index in [1.54, 1.807) is 43.1 Å². The molecule has 0 radical (unpaired) electrons. The molecule has 0 aliphatic heterocycles. The summed E-state index contributed by atoms with van der Waals surface area (Å²) in [5.41, 5.74) is 2.91. The average Bonchev–Trinajstić information content (AvgIpc) is 2.99. The van der Waals surface area contributed by atoms with Crippen molar-refractivity contribution >= 4 is 40.3 Å². The van der Waals surface area contributed by atoms with Crippen molar-refractivity contribution in [1.29, 1.82) is 0 Å². The number of aromatic nitrogens is 2. The van der Waals surface area contributed by atoms with Crippen LogP contribution in [0.3, 0.4) is 0 Å². The van der Waals surface area contributed by atoms with Crippen molar-refractivity contribution in [1.82, 2.24) is 14.9 Å². The molecule has 0 atom stereocenters. The van der Waals surface area contributed by atoms with Gasteiger partial charge in [-0.1, -0.05) is 18.2 Å². The lowest BCUT2D eigenvalue weighted by Gasteiger charge is -2.10. The normalized spacial score (nSPS) is 10.7. The van der Waals surface area contributed by atoms with Gasteiger partial charge >= 0.3 is 0 Å². The lowest BCUT2D eigenvalue weighted by Crippen LogP contribution is -2.21. The number of hydrogen-bond donors (Lipinski definition) is 2. The Balaban J connectivity index is 1.81. The Labute approximate surface area is 156 Å². The first-order valence-corrected chi connectivity index (χ1v) is 9.57. The Morgan fingerprint density at radius 1 is 1.15 bits per heavy atom. The van der Waals surface area contributed by atoms with E-state index < -0.39 is 0 Å². The van der Waals surface area contributed by atoms with E-state index in [0.29, 0.717) is 11.3 Å². The second kappa shape index (κ2) is 8.05. The largest absolute Gasteiger partial charge is 0.355 e. The van der Waals surface area contributed by atoms with Crippen LogP contribution in [0.25, 0.3) is 11.0 Å². The van der Waals surface area contributed by atoms with E-state index in [1.807, 2.05) is 35.1 Å². The van der Waals surface area contributed by atoms with Crippen molar-refractivity contribution in [2.45, 2.75) is 12.3 Å². The quantitative estimate of drug-likeness (QED) is 0.701. The molecule has 0 saturated carbocycles. The number of thioether (sulfide) groups is 1. The lowest BCUT2D eigenvalue weighted by molar-refractivity contribution is -0.116. The van der Waals surface area contributed by atoms with Crippen molar-refractivity contribution in [3.05, 3.63) is 59.9 Å². The molecule has 2 aromatic carbocycles. The molecular weight excluding hydrogens is 348 g/mol. The molecule has 0 spiro atoms. The Morgan fingerprint density at radius 3 is 2.73 bits per heavy atom. The van der Waals surface area contributed by atoms with Crippen molar-refractivity contribution in [2.75, 3.05) is 18.6 Å². The van der Waals surface area contributed by atoms with Crippen LogP contribution in [0, 0.1) is 0 Å². The van der Waals surface area contributed by atoms with Gasteiger partial charge in [0.15, 0.2) is 0 Å². The molecule has 0 bridgehead atoms. The van der Waals surface area contributed by atoms with Crippen LogP contribution in [0.5, 0.6) is 0 Å². The average molecular weight is 368 g/mol. The van der Waals surface area contributed by atoms with E-state index in [1.165, 1.54) is 0 Å². The third-order valence-electron chi connectivity index (χ3n) is 3.94. The first kappa shape index (κ1) is 18.0. The van der Waals surface area contributed by atoms with E-state index in [-0.39, 0.29) is 18.4 Å². The molecule has 0 fully saturated rings. The summed E-state index contributed by atoms with van der Waals surface area (Å²) in [6.45, 7) is 0.167. The first-order valence-electron chi connectivity index (χ1n) is 8.17. The number of rotatable bonds is 6. The van der Waals surface area contributed by atoms with Gasteiger partial charge < -0.3 is 15.2 Å². The minimum atomic E-state index is -0.191. The Bertz CT molecular complexity index is 952. The Hall–Kier alpha value is -2.80. The molecule has 6 nitrogen and oxygen atoms in total. The highest BCUT2D eigenvalue weighted by Gasteiger charge is 2.14. The number of imidazole rings is 1. The van der Waals surface area contributed by atoms with Crippen LogP contribution < -0.4 is 10.6 Å². The van der Waals surface area contributed by atoms with Gasteiger partial charge in [0.1, 0.15) is 12.4 Å². The summed E-state index contributed by atoms with van der Waals surface area (Å²) >= 11 is 1.66. The molecule has 1 heterocycles. The van der Waals surface area contributed by atoms with E-state index in [2.05, 4.69) is 15.6 Å². The van der Waals surface area contributed by atoms with Gasteiger partial charge in [-0.2, -0.15) is 11.8 Å².